The lowest BCUT2D eigenvalue weighted by Gasteiger charge is -1.97. The number of aromatic nitrogens is 1. The van der Waals surface area contributed by atoms with Gasteiger partial charge in [0, 0.05) is 10.3 Å². The van der Waals surface area contributed by atoms with Crippen LogP contribution >= 0.6 is 22.9 Å². The topological polar surface area (TPSA) is 56.0 Å². The Morgan fingerprint density at radius 1 is 1.29 bits per heavy atom. The van der Waals surface area contributed by atoms with Crippen LogP contribution in [-0.2, 0) is 0 Å². The van der Waals surface area contributed by atoms with Gasteiger partial charge in [-0.05, 0) is 34.6 Å². The Hall–Kier alpha value is -1.72. The van der Waals surface area contributed by atoms with E-state index >= 15 is 0 Å². The van der Waals surface area contributed by atoms with Gasteiger partial charge in [0.05, 0.1) is 4.70 Å². The third-order valence-corrected chi connectivity index (χ3v) is 4.24. The van der Waals surface area contributed by atoms with E-state index in [1.54, 1.807) is 11.3 Å². The van der Waals surface area contributed by atoms with Crippen LogP contribution in [0.4, 0.5) is 0 Å². The molecule has 84 valence electrons. The summed E-state index contributed by atoms with van der Waals surface area (Å²) in [5, 5.41) is 2.88. The largest absolute Gasteiger partial charge is 0.364 e. The monoisotopic (exact) mass is 260 g/mol. The van der Waals surface area contributed by atoms with Gasteiger partial charge in [-0.3, -0.25) is 4.79 Å². The van der Waals surface area contributed by atoms with Crippen molar-refractivity contribution in [1.29, 1.82) is 0 Å². The second-order valence-electron chi connectivity index (χ2n) is 3.58. The summed E-state index contributed by atoms with van der Waals surface area (Å²) in [6.07, 6.45) is 0. The van der Waals surface area contributed by atoms with Crippen LogP contribution in [0.15, 0.2) is 35.7 Å². The number of hydrogen-bond acceptors (Lipinski definition) is 4. The fourth-order valence-electron chi connectivity index (χ4n) is 1.71. The lowest BCUT2D eigenvalue weighted by Crippen LogP contribution is -2.11. The first-order valence-corrected chi connectivity index (χ1v) is 6.64. The first-order chi connectivity index (χ1) is 8.25. The van der Waals surface area contributed by atoms with E-state index < -0.39 is 5.91 Å². The number of nitrogens with zero attached hydrogens (tertiary/aromatic N) is 1. The van der Waals surface area contributed by atoms with Crippen LogP contribution in [-0.4, -0.2) is 10.3 Å². The first-order valence-electron chi connectivity index (χ1n) is 4.99. The molecule has 2 aromatic heterocycles. The Labute approximate surface area is 106 Å². The van der Waals surface area contributed by atoms with Crippen LogP contribution in [0, 0.1) is 0 Å². The van der Waals surface area contributed by atoms with Gasteiger partial charge in [0.25, 0.3) is 5.91 Å². The van der Waals surface area contributed by atoms with Crippen molar-refractivity contribution in [3.8, 4) is 10.4 Å². The summed E-state index contributed by atoms with van der Waals surface area (Å²) in [6, 6.07) is 10.0. The standard InChI is InChI=1S/C12H8N2OS2/c13-12(15)11-8-4-3-7(6-10(8)17-14-11)9-2-1-5-16-9/h1-6H,(H2,13,15). The Balaban J connectivity index is 2.18. The van der Waals surface area contributed by atoms with Gasteiger partial charge in [-0.15, -0.1) is 11.3 Å². The van der Waals surface area contributed by atoms with Gasteiger partial charge in [-0.25, -0.2) is 0 Å². The maximum absolute atomic E-state index is 11.2. The first kappa shape index (κ1) is 10.4. The van der Waals surface area contributed by atoms with Crippen LogP contribution in [0.25, 0.3) is 20.5 Å². The van der Waals surface area contributed by atoms with Gasteiger partial charge in [-0.2, -0.15) is 4.37 Å². The second-order valence-corrected chi connectivity index (χ2v) is 5.34. The molecule has 0 atom stereocenters. The molecule has 3 nitrogen and oxygen atoms in total. The molecule has 1 amide bonds. The normalized spacial score (nSPS) is 10.8. The molecule has 5 heteroatoms. The average Bonchev–Trinajstić information content (AvgIpc) is 2.97. The minimum Gasteiger partial charge on any atom is -0.364 e. The Kier molecular flexibility index (Phi) is 2.42. The van der Waals surface area contributed by atoms with Crippen molar-refractivity contribution >= 4 is 38.9 Å². The Morgan fingerprint density at radius 3 is 2.88 bits per heavy atom. The van der Waals surface area contributed by atoms with E-state index in [0.29, 0.717) is 5.69 Å². The summed E-state index contributed by atoms with van der Waals surface area (Å²) < 4.78 is 5.08. The molecule has 0 saturated heterocycles. The number of carbonyl (C=O) groups is 1. The van der Waals surface area contributed by atoms with Crippen LogP contribution < -0.4 is 5.73 Å². The fourth-order valence-corrected chi connectivity index (χ4v) is 3.26. The summed E-state index contributed by atoms with van der Waals surface area (Å²) in [6.45, 7) is 0. The average molecular weight is 260 g/mol. The quantitative estimate of drug-likeness (QED) is 0.769. The van der Waals surface area contributed by atoms with Gasteiger partial charge >= 0.3 is 0 Å². The molecule has 0 saturated carbocycles. The van der Waals surface area contributed by atoms with Crippen molar-refractivity contribution in [2.24, 2.45) is 5.73 Å². The molecule has 2 heterocycles. The molecule has 0 spiro atoms. The predicted octanol–water partition coefficient (Wildman–Crippen LogP) is 3.12. The van der Waals surface area contributed by atoms with Gasteiger partial charge in [0.1, 0.15) is 5.69 Å². The number of benzene rings is 1. The van der Waals surface area contributed by atoms with E-state index in [1.807, 2.05) is 29.6 Å². The molecule has 1 aromatic carbocycles. The number of fused-ring (bicyclic) bond motifs is 1. The van der Waals surface area contributed by atoms with Crippen molar-refractivity contribution in [2.45, 2.75) is 0 Å². The van der Waals surface area contributed by atoms with Gasteiger partial charge in [-0.1, -0.05) is 18.2 Å². The van der Waals surface area contributed by atoms with Crippen molar-refractivity contribution in [3.05, 3.63) is 41.4 Å². The SMILES string of the molecule is NC(=O)c1nsc2cc(-c3cccs3)ccc12. The van der Waals surface area contributed by atoms with Gasteiger partial charge in [0.2, 0.25) is 0 Å². The summed E-state index contributed by atoms with van der Waals surface area (Å²) in [5.74, 6) is -0.472. The number of rotatable bonds is 2. The van der Waals surface area contributed by atoms with Crippen LogP contribution in [0.2, 0.25) is 0 Å². The van der Waals surface area contributed by atoms with E-state index in [0.717, 1.165) is 15.6 Å². The van der Waals surface area contributed by atoms with Crippen molar-refractivity contribution in [3.63, 3.8) is 0 Å². The minimum absolute atomic E-state index is 0.364. The zero-order chi connectivity index (χ0) is 11.8. The molecule has 0 unspecified atom stereocenters. The van der Waals surface area contributed by atoms with E-state index in [1.165, 1.54) is 16.4 Å². The number of carbonyl (C=O) groups excluding carboxylic acids is 1. The van der Waals surface area contributed by atoms with E-state index in [4.69, 9.17) is 5.73 Å². The molecule has 0 aliphatic heterocycles. The van der Waals surface area contributed by atoms with Crippen LogP contribution in [0.1, 0.15) is 10.5 Å². The highest BCUT2D eigenvalue weighted by Gasteiger charge is 2.11. The molecule has 0 bridgehead atoms. The number of hydrogen-bond donors (Lipinski definition) is 1. The predicted molar refractivity (Wildman–Crippen MR) is 71.5 cm³/mol. The highest BCUT2D eigenvalue weighted by atomic mass is 32.1. The molecule has 0 aliphatic carbocycles. The van der Waals surface area contributed by atoms with Crippen LogP contribution in [0.5, 0.6) is 0 Å². The molecule has 3 rings (SSSR count). The van der Waals surface area contributed by atoms with Gasteiger partial charge in [0.15, 0.2) is 0 Å². The summed E-state index contributed by atoms with van der Waals surface area (Å²) in [4.78, 5) is 12.4. The highest BCUT2D eigenvalue weighted by molar-refractivity contribution is 7.14. The smallest absolute Gasteiger partial charge is 0.269 e. The molecule has 0 radical (unpaired) electrons. The molecule has 3 aromatic rings. The van der Waals surface area contributed by atoms with Crippen molar-refractivity contribution < 1.29 is 4.79 Å². The lowest BCUT2D eigenvalue weighted by molar-refractivity contribution is 0.0998. The zero-order valence-corrected chi connectivity index (χ0v) is 10.3. The molecular weight excluding hydrogens is 252 g/mol. The minimum atomic E-state index is -0.472. The van der Waals surface area contributed by atoms with Gasteiger partial charge < -0.3 is 5.73 Å². The molecule has 0 aliphatic rings. The number of nitrogens with two attached hydrogens (primary N) is 1. The molecule has 17 heavy (non-hydrogen) atoms. The third kappa shape index (κ3) is 1.73. The van der Waals surface area contributed by atoms with E-state index in [2.05, 4.69) is 10.4 Å². The number of primary amides is 1. The maximum atomic E-state index is 11.2. The molecule has 0 fully saturated rings. The summed E-state index contributed by atoms with van der Waals surface area (Å²) >= 11 is 3.00. The summed E-state index contributed by atoms with van der Waals surface area (Å²) in [7, 11) is 0. The highest BCUT2D eigenvalue weighted by Crippen LogP contribution is 2.30. The Morgan fingerprint density at radius 2 is 2.18 bits per heavy atom. The lowest BCUT2D eigenvalue weighted by atomic mass is 10.1. The Bertz CT molecular complexity index is 686. The van der Waals surface area contributed by atoms with Crippen molar-refractivity contribution in [2.75, 3.05) is 0 Å². The molecular formula is C12H8N2OS2. The second kappa shape index (κ2) is 3.94. The van der Waals surface area contributed by atoms with E-state index in [-0.39, 0.29) is 0 Å². The fraction of sp³-hybridized carbons (Fsp3) is 0. The van der Waals surface area contributed by atoms with Crippen molar-refractivity contribution in [1.82, 2.24) is 4.37 Å². The molecule has 2 N–H and O–H groups in total. The number of amides is 1. The maximum Gasteiger partial charge on any atom is 0.269 e. The number of thiophene rings is 1. The van der Waals surface area contributed by atoms with E-state index in [9.17, 15) is 4.79 Å². The zero-order valence-electron chi connectivity index (χ0n) is 8.71. The third-order valence-electron chi connectivity index (χ3n) is 2.51. The van der Waals surface area contributed by atoms with Crippen LogP contribution in [0.3, 0.4) is 0 Å². The summed E-state index contributed by atoms with van der Waals surface area (Å²) in [5.41, 5.74) is 6.77.